The van der Waals surface area contributed by atoms with Crippen molar-refractivity contribution in [2.24, 2.45) is 5.92 Å². The third-order valence-electron chi connectivity index (χ3n) is 3.74. The topological polar surface area (TPSA) is 29.0 Å². The summed E-state index contributed by atoms with van der Waals surface area (Å²) in [5, 5.41) is 0.588. The van der Waals surface area contributed by atoms with Gasteiger partial charge in [-0.25, -0.2) is 9.97 Å². The molecular formula is C15H26ClN3. The molecule has 0 unspecified atom stereocenters. The molecule has 0 aromatic carbocycles. The first-order chi connectivity index (χ1) is 9.07. The van der Waals surface area contributed by atoms with Gasteiger partial charge < -0.3 is 4.90 Å². The number of aryl methyl sites for hydroxylation is 1. The molecule has 108 valence electrons. The highest BCUT2D eigenvalue weighted by atomic mass is 35.5. The predicted octanol–water partition coefficient (Wildman–Crippen LogP) is 4.26. The average molecular weight is 284 g/mol. The van der Waals surface area contributed by atoms with E-state index < -0.39 is 0 Å². The van der Waals surface area contributed by atoms with Crippen molar-refractivity contribution in [3.05, 3.63) is 16.5 Å². The van der Waals surface area contributed by atoms with E-state index in [4.69, 9.17) is 11.6 Å². The summed E-state index contributed by atoms with van der Waals surface area (Å²) in [6.07, 6.45) is 3.21. The molecule has 0 radical (unpaired) electrons. The van der Waals surface area contributed by atoms with Gasteiger partial charge in [-0.15, -0.1) is 0 Å². The second-order valence-corrected chi connectivity index (χ2v) is 5.31. The van der Waals surface area contributed by atoms with E-state index in [1.54, 1.807) is 0 Å². The Balaban J connectivity index is 3.06. The summed E-state index contributed by atoms with van der Waals surface area (Å²) in [7, 11) is 0. The van der Waals surface area contributed by atoms with Gasteiger partial charge in [0.05, 0.1) is 0 Å². The van der Waals surface area contributed by atoms with E-state index in [9.17, 15) is 0 Å². The van der Waals surface area contributed by atoms with Crippen molar-refractivity contribution >= 4 is 17.4 Å². The maximum atomic E-state index is 6.23. The van der Waals surface area contributed by atoms with Crippen LogP contribution >= 0.6 is 11.6 Å². The molecule has 0 amide bonds. The first-order valence-electron chi connectivity index (χ1n) is 7.35. The van der Waals surface area contributed by atoms with E-state index in [1.165, 1.54) is 12.8 Å². The molecule has 0 saturated carbocycles. The summed E-state index contributed by atoms with van der Waals surface area (Å²) in [5.74, 6) is 2.54. The lowest BCUT2D eigenvalue weighted by atomic mass is 10.0. The van der Waals surface area contributed by atoms with Crippen molar-refractivity contribution in [2.75, 3.05) is 18.0 Å². The summed E-state index contributed by atoms with van der Waals surface area (Å²) in [5.41, 5.74) is 0.992. The molecule has 0 fully saturated rings. The fourth-order valence-corrected chi connectivity index (χ4v) is 2.39. The molecule has 0 atom stereocenters. The molecule has 1 rings (SSSR count). The van der Waals surface area contributed by atoms with Crippen LogP contribution in [0.5, 0.6) is 0 Å². The minimum Gasteiger partial charge on any atom is -0.356 e. The zero-order valence-electron chi connectivity index (χ0n) is 12.8. The Bertz CT molecular complexity index is 403. The molecule has 0 saturated heterocycles. The number of halogens is 1. The first-order valence-corrected chi connectivity index (χ1v) is 7.72. The fourth-order valence-electron chi connectivity index (χ4n) is 2.21. The molecule has 19 heavy (non-hydrogen) atoms. The number of aromatic nitrogens is 2. The van der Waals surface area contributed by atoms with Crippen LogP contribution in [0, 0.1) is 12.8 Å². The molecule has 0 aliphatic heterocycles. The van der Waals surface area contributed by atoms with Crippen LogP contribution in [0.1, 0.15) is 51.9 Å². The van der Waals surface area contributed by atoms with E-state index >= 15 is 0 Å². The maximum absolute atomic E-state index is 6.23. The summed E-state index contributed by atoms with van der Waals surface area (Å²) in [4.78, 5) is 11.3. The van der Waals surface area contributed by atoms with E-state index in [0.717, 1.165) is 36.7 Å². The zero-order valence-corrected chi connectivity index (χ0v) is 13.6. The van der Waals surface area contributed by atoms with E-state index in [0.29, 0.717) is 11.1 Å². The Kier molecular flexibility index (Phi) is 6.56. The van der Waals surface area contributed by atoms with Gasteiger partial charge in [-0.05, 0) is 19.8 Å². The zero-order chi connectivity index (χ0) is 14.4. The summed E-state index contributed by atoms with van der Waals surface area (Å²) >= 11 is 6.23. The van der Waals surface area contributed by atoms with Crippen molar-refractivity contribution in [2.45, 2.75) is 53.9 Å². The van der Waals surface area contributed by atoms with Gasteiger partial charge in [0.15, 0.2) is 0 Å². The molecule has 3 nitrogen and oxygen atoms in total. The smallest absolute Gasteiger partial charge is 0.137 e. The molecule has 1 heterocycles. The van der Waals surface area contributed by atoms with Crippen LogP contribution in [0.3, 0.4) is 0 Å². The number of hydrogen-bond acceptors (Lipinski definition) is 3. The highest BCUT2D eigenvalue weighted by molar-refractivity contribution is 6.30. The highest BCUT2D eigenvalue weighted by Crippen LogP contribution is 2.25. The Morgan fingerprint density at radius 2 is 1.74 bits per heavy atom. The summed E-state index contributed by atoms with van der Waals surface area (Å²) < 4.78 is 0. The second kappa shape index (κ2) is 7.68. The molecule has 4 heteroatoms. The summed E-state index contributed by atoms with van der Waals surface area (Å²) in [6.45, 7) is 12.7. The Morgan fingerprint density at radius 3 is 2.21 bits per heavy atom. The van der Waals surface area contributed by atoms with Crippen molar-refractivity contribution in [1.82, 2.24) is 9.97 Å². The standard InChI is InChI=1S/C15H26ClN3/c1-6-12(7-2)10-19(9-4)15-11(5)14(16)17-13(8-3)18-15/h12H,6-10H2,1-5H3. The third-order valence-corrected chi connectivity index (χ3v) is 4.11. The molecule has 0 spiro atoms. The Hall–Kier alpha value is -0.830. The van der Waals surface area contributed by atoms with Crippen LogP contribution in [0.15, 0.2) is 0 Å². The van der Waals surface area contributed by atoms with Crippen LogP contribution in [-0.4, -0.2) is 23.1 Å². The van der Waals surface area contributed by atoms with E-state index in [2.05, 4.69) is 42.6 Å². The molecule has 0 N–H and O–H groups in total. The van der Waals surface area contributed by atoms with Crippen LogP contribution in [0.25, 0.3) is 0 Å². The van der Waals surface area contributed by atoms with Crippen LogP contribution in [0.4, 0.5) is 5.82 Å². The minimum atomic E-state index is 0.588. The lowest BCUT2D eigenvalue weighted by molar-refractivity contribution is 0.483. The van der Waals surface area contributed by atoms with Crippen LogP contribution in [-0.2, 0) is 6.42 Å². The van der Waals surface area contributed by atoms with Crippen LogP contribution in [0.2, 0.25) is 5.15 Å². The molecule has 1 aromatic rings. The van der Waals surface area contributed by atoms with Gasteiger partial charge in [-0.2, -0.15) is 0 Å². The number of nitrogens with zero attached hydrogens (tertiary/aromatic N) is 3. The van der Waals surface area contributed by atoms with Gasteiger partial charge in [0.2, 0.25) is 0 Å². The van der Waals surface area contributed by atoms with E-state index in [-0.39, 0.29) is 0 Å². The van der Waals surface area contributed by atoms with Gasteiger partial charge in [0, 0.05) is 25.1 Å². The van der Waals surface area contributed by atoms with Gasteiger partial charge in [0.25, 0.3) is 0 Å². The van der Waals surface area contributed by atoms with Gasteiger partial charge in [-0.1, -0.05) is 45.2 Å². The highest BCUT2D eigenvalue weighted by Gasteiger charge is 2.17. The normalized spacial score (nSPS) is 11.1. The molecule has 0 bridgehead atoms. The maximum Gasteiger partial charge on any atom is 0.137 e. The minimum absolute atomic E-state index is 0.588. The van der Waals surface area contributed by atoms with Crippen molar-refractivity contribution in [3.63, 3.8) is 0 Å². The molecule has 1 aromatic heterocycles. The van der Waals surface area contributed by atoms with E-state index in [1.807, 2.05) is 6.92 Å². The largest absolute Gasteiger partial charge is 0.356 e. The van der Waals surface area contributed by atoms with Crippen molar-refractivity contribution in [3.8, 4) is 0 Å². The molecule has 0 aliphatic rings. The van der Waals surface area contributed by atoms with Gasteiger partial charge in [-0.3, -0.25) is 0 Å². The first kappa shape index (κ1) is 16.2. The third kappa shape index (κ3) is 4.07. The number of anilines is 1. The second-order valence-electron chi connectivity index (χ2n) is 4.95. The van der Waals surface area contributed by atoms with Gasteiger partial charge in [0.1, 0.15) is 16.8 Å². The fraction of sp³-hybridized carbons (Fsp3) is 0.733. The van der Waals surface area contributed by atoms with Crippen molar-refractivity contribution in [1.29, 1.82) is 0 Å². The molecule has 0 aliphatic carbocycles. The average Bonchev–Trinajstić information content (AvgIpc) is 2.43. The Labute approximate surface area is 122 Å². The lowest BCUT2D eigenvalue weighted by Crippen LogP contribution is -2.31. The lowest BCUT2D eigenvalue weighted by Gasteiger charge is -2.28. The molecular weight excluding hydrogens is 258 g/mol. The number of rotatable bonds is 7. The van der Waals surface area contributed by atoms with Crippen molar-refractivity contribution < 1.29 is 0 Å². The summed E-state index contributed by atoms with van der Waals surface area (Å²) in [6, 6.07) is 0. The SMILES string of the molecule is CCc1nc(Cl)c(C)c(N(CC)CC(CC)CC)n1. The Morgan fingerprint density at radius 1 is 1.11 bits per heavy atom. The van der Waals surface area contributed by atoms with Gasteiger partial charge >= 0.3 is 0 Å². The quantitative estimate of drug-likeness (QED) is 0.700. The predicted molar refractivity (Wildman–Crippen MR) is 83.1 cm³/mol. The van der Waals surface area contributed by atoms with Crippen LogP contribution < -0.4 is 4.90 Å². The number of hydrogen-bond donors (Lipinski definition) is 0. The monoisotopic (exact) mass is 283 g/mol.